The molecule has 0 spiro atoms. The summed E-state index contributed by atoms with van der Waals surface area (Å²) in [6.07, 6.45) is 2.78. The molecule has 5 heteroatoms. The lowest BCUT2D eigenvalue weighted by Crippen LogP contribution is -2.22. The lowest BCUT2D eigenvalue weighted by Gasteiger charge is -2.16. The van der Waals surface area contributed by atoms with E-state index in [1.807, 2.05) is 55.5 Å². The van der Waals surface area contributed by atoms with Gasteiger partial charge in [0, 0.05) is 12.8 Å². The van der Waals surface area contributed by atoms with Gasteiger partial charge in [-0.1, -0.05) is 30.3 Å². The van der Waals surface area contributed by atoms with Crippen molar-refractivity contribution >= 4 is 11.8 Å². The number of carbonyl (C=O) groups excluding carboxylic acids is 1. The molecule has 1 aliphatic heterocycles. The highest BCUT2D eigenvalue weighted by atomic mass is 16.5. The van der Waals surface area contributed by atoms with E-state index in [1.165, 1.54) is 0 Å². The number of methoxy groups -OCH3 is 1. The fourth-order valence-corrected chi connectivity index (χ4v) is 4.83. The van der Waals surface area contributed by atoms with Gasteiger partial charge in [-0.25, -0.2) is 4.79 Å². The fraction of sp³-hybridized carbons (Fsp3) is 0.286. The molecule has 5 nitrogen and oxygen atoms in total. The fourth-order valence-electron chi connectivity index (χ4n) is 4.83. The first-order chi connectivity index (χ1) is 15.9. The zero-order valence-electron chi connectivity index (χ0n) is 18.8. The highest BCUT2D eigenvalue weighted by Gasteiger charge is 2.50. The first kappa shape index (κ1) is 21.3. The molecule has 0 aromatic heterocycles. The van der Waals surface area contributed by atoms with E-state index in [1.54, 1.807) is 13.2 Å². The third-order valence-corrected chi connectivity index (χ3v) is 6.92. The Balaban J connectivity index is 1.45. The molecular weight excluding hydrogens is 416 g/mol. The summed E-state index contributed by atoms with van der Waals surface area (Å²) in [5.74, 6) is 0.487. The first-order valence-corrected chi connectivity index (χ1v) is 11.2. The van der Waals surface area contributed by atoms with Gasteiger partial charge in [0.15, 0.2) is 0 Å². The number of aryl methyl sites for hydroxylation is 1. The van der Waals surface area contributed by atoms with Crippen molar-refractivity contribution in [3.63, 3.8) is 0 Å². The number of rotatable bonds is 7. The minimum absolute atomic E-state index is 0.192. The van der Waals surface area contributed by atoms with Crippen LogP contribution < -0.4 is 9.47 Å². The van der Waals surface area contributed by atoms with Crippen LogP contribution in [0.25, 0.3) is 11.1 Å². The number of carbonyl (C=O) groups is 2. The van der Waals surface area contributed by atoms with E-state index < -0.39 is 11.4 Å². The van der Waals surface area contributed by atoms with Crippen molar-refractivity contribution in [3.8, 4) is 22.6 Å². The summed E-state index contributed by atoms with van der Waals surface area (Å²) in [5, 5.41) is 9.67. The van der Waals surface area contributed by atoms with Gasteiger partial charge in [-0.2, -0.15) is 0 Å². The molecule has 0 amide bonds. The van der Waals surface area contributed by atoms with Gasteiger partial charge in [0.25, 0.3) is 0 Å². The molecule has 3 aromatic rings. The van der Waals surface area contributed by atoms with Crippen molar-refractivity contribution in [1.29, 1.82) is 0 Å². The summed E-state index contributed by atoms with van der Waals surface area (Å²) < 4.78 is 10.8. The van der Waals surface area contributed by atoms with Crippen molar-refractivity contribution in [3.05, 3.63) is 82.4 Å². The number of Topliss-reactive ketones (excluding diaryl/α,β-unsaturated/α-hetero) is 1. The largest absolute Gasteiger partial charge is 0.497 e. The molecule has 0 bridgehead atoms. The Labute approximate surface area is 193 Å². The molecule has 0 radical (unpaired) electrons. The Kier molecular flexibility index (Phi) is 5.20. The summed E-state index contributed by atoms with van der Waals surface area (Å²) in [7, 11) is 1.63. The lowest BCUT2D eigenvalue weighted by atomic mass is 9.86. The third kappa shape index (κ3) is 3.78. The van der Waals surface area contributed by atoms with E-state index in [-0.39, 0.29) is 11.3 Å². The van der Waals surface area contributed by atoms with E-state index >= 15 is 0 Å². The number of aromatic carboxylic acids is 1. The first-order valence-electron chi connectivity index (χ1n) is 11.2. The van der Waals surface area contributed by atoms with Gasteiger partial charge in [-0.15, -0.1) is 0 Å². The number of ether oxygens (including phenoxy) is 2. The van der Waals surface area contributed by atoms with Crippen LogP contribution in [0.2, 0.25) is 0 Å². The SMILES string of the molecule is COc1ccc(C2(C(=O)Cc3ccc(C)c(-c4cc5c(c(C(=O)O)c4)OCC5)c3)CC2)cc1. The quantitative estimate of drug-likeness (QED) is 0.548. The standard InChI is InChI=1S/C28H26O5/c1-17-3-4-18(14-25(29)28(10-11-28)21-5-7-22(32-2)8-6-21)13-23(17)20-15-19-9-12-33-26(19)24(16-20)27(30)31/h3-8,13,15-16H,9-12,14H2,1-2H3,(H,30,31). The molecule has 3 aromatic carbocycles. The van der Waals surface area contributed by atoms with Crippen molar-refractivity contribution < 1.29 is 24.2 Å². The molecule has 168 valence electrons. The number of hydrogen-bond acceptors (Lipinski definition) is 4. The topological polar surface area (TPSA) is 72.8 Å². The minimum Gasteiger partial charge on any atom is -0.497 e. The Bertz CT molecular complexity index is 1250. The number of ketones is 1. The molecule has 0 saturated heterocycles. The van der Waals surface area contributed by atoms with Gasteiger partial charge in [0.2, 0.25) is 0 Å². The van der Waals surface area contributed by atoms with Crippen LogP contribution in [0.5, 0.6) is 11.5 Å². The molecule has 1 heterocycles. The zero-order valence-corrected chi connectivity index (χ0v) is 18.8. The smallest absolute Gasteiger partial charge is 0.339 e. The molecule has 1 N–H and O–H groups in total. The van der Waals surface area contributed by atoms with E-state index in [4.69, 9.17) is 9.47 Å². The van der Waals surface area contributed by atoms with Gasteiger partial charge in [-0.05, 0) is 77.4 Å². The summed E-state index contributed by atoms with van der Waals surface area (Å²) in [5.41, 5.74) is 5.53. The van der Waals surface area contributed by atoms with Crippen LogP contribution in [0.4, 0.5) is 0 Å². The van der Waals surface area contributed by atoms with Crippen LogP contribution in [0.1, 0.15) is 45.5 Å². The van der Waals surface area contributed by atoms with Crippen molar-refractivity contribution in [1.82, 2.24) is 0 Å². The van der Waals surface area contributed by atoms with Crippen molar-refractivity contribution in [2.75, 3.05) is 13.7 Å². The van der Waals surface area contributed by atoms with E-state index in [2.05, 4.69) is 0 Å². The Morgan fingerprint density at radius 2 is 1.82 bits per heavy atom. The second-order valence-electron chi connectivity index (χ2n) is 8.98. The Morgan fingerprint density at radius 1 is 1.06 bits per heavy atom. The molecule has 0 unspecified atom stereocenters. The van der Waals surface area contributed by atoms with Crippen LogP contribution >= 0.6 is 0 Å². The van der Waals surface area contributed by atoms with Crippen LogP contribution in [-0.2, 0) is 23.1 Å². The maximum atomic E-state index is 13.4. The predicted octanol–water partition coefficient (Wildman–Crippen LogP) is 5.15. The maximum absolute atomic E-state index is 13.4. The zero-order chi connectivity index (χ0) is 23.2. The van der Waals surface area contributed by atoms with Crippen LogP contribution in [-0.4, -0.2) is 30.6 Å². The van der Waals surface area contributed by atoms with E-state index in [9.17, 15) is 14.7 Å². The molecule has 1 fully saturated rings. The number of fused-ring (bicyclic) bond motifs is 1. The number of carboxylic acids is 1. The van der Waals surface area contributed by atoms with Gasteiger partial charge in [-0.3, -0.25) is 4.79 Å². The number of benzene rings is 3. The lowest BCUT2D eigenvalue weighted by molar-refractivity contribution is -0.120. The summed E-state index contributed by atoms with van der Waals surface area (Å²) in [4.78, 5) is 25.2. The van der Waals surface area contributed by atoms with Gasteiger partial charge in [0.1, 0.15) is 22.8 Å². The monoisotopic (exact) mass is 442 g/mol. The average molecular weight is 443 g/mol. The van der Waals surface area contributed by atoms with Gasteiger partial charge >= 0.3 is 5.97 Å². The third-order valence-electron chi connectivity index (χ3n) is 6.92. The van der Waals surface area contributed by atoms with Crippen LogP contribution in [0, 0.1) is 6.92 Å². The Hall–Kier alpha value is -3.60. The maximum Gasteiger partial charge on any atom is 0.339 e. The molecule has 0 atom stereocenters. The second-order valence-corrected chi connectivity index (χ2v) is 8.98. The Morgan fingerprint density at radius 3 is 2.48 bits per heavy atom. The van der Waals surface area contributed by atoms with Gasteiger partial charge in [0.05, 0.1) is 19.1 Å². The van der Waals surface area contributed by atoms with E-state index in [0.29, 0.717) is 25.2 Å². The normalized spacial score (nSPS) is 15.5. The van der Waals surface area contributed by atoms with E-state index in [0.717, 1.165) is 52.0 Å². The number of hydrogen-bond donors (Lipinski definition) is 1. The predicted molar refractivity (Wildman–Crippen MR) is 125 cm³/mol. The molecule has 2 aliphatic rings. The van der Waals surface area contributed by atoms with Crippen molar-refractivity contribution in [2.24, 2.45) is 0 Å². The molecule has 33 heavy (non-hydrogen) atoms. The van der Waals surface area contributed by atoms with Crippen molar-refractivity contribution in [2.45, 2.75) is 38.0 Å². The average Bonchev–Trinajstić information content (AvgIpc) is 3.50. The summed E-state index contributed by atoms with van der Waals surface area (Å²) in [6.45, 7) is 2.50. The highest BCUT2D eigenvalue weighted by Crippen LogP contribution is 2.50. The second kappa shape index (κ2) is 8.07. The van der Waals surface area contributed by atoms with Crippen LogP contribution in [0.15, 0.2) is 54.6 Å². The summed E-state index contributed by atoms with van der Waals surface area (Å²) >= 11 is 0. The molecular formula is C28H26O5. The summed E-state index contributed by atoms with van der Waals surface area (Å²) in [6, 6.07) is 17.5. The number of carboxylic acid groups (broad SMARTS) is 1. The molecule has 1 saturated carbocycles. The molecule has 5 rings (SSSR count). The van der Waals surface area contributed by atoms with Gasteiger partial charge < -0.3 is 14.6 Å². The molecule has 1 aliphatic carbocycles. The minimum atomic E-state index is -0.992. The highest BCUT2D eigenvalue weighted by molar-refractivity contribution is 5.95. The van der Waals surface area contributed by atoms with Crippen LogP contribution in [0.3, 0.4) is 0 Å².